The van der Waals surface area contributed by atoms with Crippen molar-refractivity contribution in [2.75, 3.05) is 13.7 Å². The topological polar surface area (TPSA) is 136 Å². The van der Waals surface area contributed by atoms with E-state index in [-0.39, 0.29) is 36.5 Å². The van der Waals surface area contributed by atoms with Crippen molar-refractivity contribution in [2.45, 2.75) is 63.2 Å². The van der Waals surface area contributed by atoms with Gasteiger partial charge in [-0.05, 0) is 59.8 Å². The summed E-state index contributed by atoms with van der Waals surface area (Å²) < 4.78 is 4.60. The highest BCUT2D eigenvalue weighted by Crippen LogP contribution is 2.54. The maximum absolute atomic E-state index is 12.9. The van der Waals surface area contributed by atoms with Crippen LogP contribution in [0.4, 0.5) is 4.79 Å². The number of fused-ring (bicyclic) bond motifs is 2. The molecule has 11 heteroatoms. The Hall–Kier alpha value is -4.93. The van der Waals surface area contributed by atoms with E-state index in [9.17, 15) is 14.4 Å². The number of methoxy groups -OCH3 is 1. The zero-order valence-corrected chi connectivity index (χ0v) is 25.9. The SMILES string of the molecule is CCC(=O)N1C(c2ncc(-c3ccc(-c4ccc(-c5cnc(C6CC7CC7N6C(=O)CNC(=O)OC)[nH]5)cc4)cc3)[nH]2)CC2CC21. The first-order valence-electron chi connectivity index (χ1n) is 16.2. The first-order chi connectivity index (χ1) is 22.4. The van der Waals surface area contributed by atoms with E-state index in [4.69, 9.17) is 0 Å². The number of piperidine rings is 2. The molecule has 2 saturated heterocycles. The molecule has 46 heavy (non-hydrogen) atoms. The van der Waals surface area contributed by atoms with E-state index >= 15 is 0 Å². The summed E-state index contributed by atoms with van der Waals surface area (Å²) in [6.45, 7) is 1.84. The van der Waals surface area contributed by atoms with Gasteiger partial charge in [-0.3, -0.25) is 9.59 Å². The number of benzene rings is 2. The van der Waals surface area contributed by atoms with Gasteiger partial charge in [0.2, 0.25) is 11.8 Å². The molecule has 4 heterocycles. The predicted molar refractivity (Wildman–Crippen MR) is 170 cm³/mol. The third-order valence-electron chi connectivity index (χ3n) is 10.2. The van der Waals surface area contributed by atoms with Crippen LogP contribution in [0.3, 0.4) is 0 Å². The molecule has 4 aliphatic rings. The zero-order valence-electron chi connectivity index (χ0n) is 25.9. The molecule has 2 aromatic carbocycles. The number of hydrogen-bond donors (Lipinski definition) is 3. The van der Waals surface area contributed by atoms with Gasteiger partial charge in [-0.25, -0.2) is 14.8 Å². The van der Waals surface area contributed by atoms with Crippen molar-refractivity contribution in [1.29, 1.82) is 0 Å². The molecule has 11 nitrogen and oxygen atoms in total. The van der Waals surface area contributed by atoms with Crippen molar-refractivity contribution in [3.8, 4) is 33.6 Å². The summed E-state index contributed by atoms with van der Waals surface area (Å²) in [5, 5.41) is 2.50. The van der Waals surface area contributed by atoms with Gasteiger partial charge in [-0.15, -0.1) is 0 Å². The molecule has 2 aromatic heterocycles. The monoisotopic (exact) mass is 619 g/mol. The third kappa shape index (κ3) is 5.03. The van der Waals surface area contributed by atoms with E-state index < -0.39 is 6.09 Å². The quantitative estimate of drug-likeness (QED) is 0.247. The van der Waals surface area contributed by atoms with Gasteiger partial charge >= 0.3 is 6.09 Å². The van der Waals surface area contributed by atoms with Crippen molar-refractivity contribution >= 4 is 17.9 Å². The van der Waals surface area contributed by atoms with Crippen LogP contribution < -0.4 is 5.32 Å². The van der Waals surface area contributed by atoms with Crippen LogP contribution in [0.2, 0.25) is 0 Å². The lowest BCUT2D eigenvalue weighted by Gasteiger charge is -2.26. The number of likely N-dealkylation sites (tertiary alicyclic amines) is 2. The third-order valence-corrected chi connectivity index (χ3v) is 10.2. The Kier molecular flexibility index (Phi) is 6.92. The average Bonchev–Trinajstić information content (AvgIpc) is 3.68. The van der Waals surface area contributed by atoms with E-state index in [2.05, 4.69) is 83.4 Å². The minimum Gasteiger partial charge on any atom is -0.453 e. The lowest BCUT2D eigenvalue weighted by molar-refractivity contribution is -0.133. The summed E-state index contributed by atoms with van der Waals surface area (Å²) in [6.07, 6.45) is 7.60. The van der Waals surface area contributed by atoms with Crippen molar-refractivity contribution in [2.24, 2.45) is 11.8 Å². The Labute approximate surface area is 266 Å². The Bertz CT molecular complexity index is 1800. The van der Waals surface area contributed by atoms with Crippen LogP contribution in [0.25, 0.3) is 33.6 Å². The van der Waals surface area contributed by atoms with Gasteiger partial charge in [0, 0.05) is 18.5 Å². The molecule has 4 aromatic rings. The molecular weight excluding hydrogens is 582 g/mol. The summed E-state index contributed by atoms with van der Waals surface area (Å²) in [4.78, 5) is 57.2. The highest BCUT2D eigenvalue weighted by atomic mass is 16.5. The molecule has 0 bridgehead atoms. The van der Waals surface area contributed by atoms with Crippen molar-refractivity contribution in [1.82, 2.24) is 35.1 Å². The van der Waals surface area contributed by atoms with E-state index in [0.29, 0.717) is 24.3 Å². The first kappa shape index (κ1) is 28.5. The molecule has 3 amide bonds. The van der Waals surface area contributed by atoms with E-state index in [1.807, 2.05) is 24.2 Å². The number of hydrogen-bond acceptors (Lipinski definition) is 6. The fourth-order valence-corrected chi connectivity index (χ4v) is 7.60. The van der Waals surface area contributed by atoms with Crippen LogP contribution in [0.1, 0.15) is 62.8 Å². The Morgan fingerprint density at radius 3 is 1.65 bits per heavy atom. The first-order valence-corrected chi connectivity index (χ1v) is 16.2. The Morgan fingerprint density at radius 1 is 0.739 bits per heavy atom. The largest absolute Gasteiger partial charge is 0.453 e. The Morgan fingerprint density at radius 2 is 1.20 bits per heavy atom. The minimum atomic E-state index is -0.614. The number of H-pyrrole nitrogens is 2. The molecule has 4 fully saturated rings. The fourth-order valence-electron chi connectivity index (χ4n) is 7.60. The van der Waals surface area contributed by atoms with Crippen molar-refractivity contribution in [3.05, 3.63) is 72.6 Å². The normalized spacial score (nSPS) is 25.6. The minimum absolute atomic E-state index is 0.0502. The maximum Gasteiger partial charge on any atom is 0.407 e. The molecule has 6 unspecified atom stereocenters. The summed E-state index contributed by atoms with van der Waals surface area (Å²) >= 11 is 0. The van der Waals surface area contributed by atoms with E-state index in [1.165, 1.54) is 7.11 Å². The number of carbonyl (C=O) groups is 3. The highest BCUT2D eigenvalue weighted by molar-refractivity contribution is 5.83. The van der Waals surface area contributed by atoms with Crippen LogP contribution in [-0.2, 0) is 14.3 Å². The number of ether oxygens (including phenoxy) is 1. The number of nitrogens with zero attached hydrogens (tertiary/aromatic N) is 4. The zero-order chi connectivity index (χ0) is 31.5. The molecule has 6 atom stereocenters. The van der Waals surface area contributed by atoms with Gasteiger partial charge in [-0.1, -0.05) is 55.5 Å². The van der Waals surface area contributed by atoms with E-state index in [1.54, 1.807) is 0 Å². The van der Waals surface area contributed by atoms with Crippen LogP contribution in [0.15, 0.2) is 60.9 Å². The summed E-state index contributed by atoms with van der Waals surface area (Å²) in [5.41, 5.74) is 6.12. The fraction of sp³-hybridized carbons (Fsp3) is 0.400. The molecule has 8 rings (SSSR count). The predicted octanol–water partition coefficient (Wildman–Crippen LogP) is 5.22. The number of alkyl carbamates (subject to hydrolysis) is 1. The smallest absolute Gasteiger partial charge is 0.407 e. The second kappa shape index (κ2) is 11.1. The lowest BCUT2D eigenvalue weighted by atomic mass is 10.0. The summed E-state index contributed by atoms with van der Waals surface area (Å²) in [5.74, 6) is 2.85. The second-order valence-corrected chi connectivity index (χ2v) is 12.9. The number of amides is 3. The Balaban J connectivity index is 0.932. The van der Waals surface area contributed by atoms with Crippen molar-refractivity contribution in [3.63, 3.8) is 0 Å². The standard InChI is InChI=1S/C35H37N7O4/c1-3-31(43)41-27-12-23(27)14-29(41)33-36-16-25(39-33)21-8-4-19(5-9-21)20-6-10-22(11-7-20)26-17-37-34(40-26)30-15-24-13-28(24)42(30)32(44)18-38-35(45)46-2/h4-11,16-17,23-24,27-30H,3,12-15,18H2,1-2H3,(H,36,39)(H,37,40)(H,38,45). The van der Waals surface area contributed by atoms with Crippen LogP contribution >= 0.6 is 0 Å². The summed E-state index contributed by atoms with van der Waals surface area (Å²) in [6, 6.07) is 17.3. The van der Waals surface area contributed by atoms with E-state index in [0.717, 1.165) is 71.0 Å². The average molecular weight is 620 g/mol. The van der Waals surface area contributed by atoms with Gasteiger partial charge in [0.05, 0.1) is 43.0 Å². The summed E-state index contributed by atoms with van der Waals surface area (Å²) in [7, 11) is 1.28. The number of nitrogens with one attached hydrogen (secondary N) is 3. The number of rotatable bonds is 8. The maximum atomic E-state index is 12.9. The molecule has 236 valence electrons. The lowest BCUT2D eigenvalue weighted by Crippen LogP contribution is -2.41. The molecule has 2 aliphatic carbocycles. The second-order valence-electron chi connectivity index (χ2n) is 12.9. The molecule has 0 spiro atoms. The van der Waals surface area contributed by atoms with Gasteiger partial charge in [0.25, 0.3) is 0 Å². The number of carbonyl (C=O) groups excluding carboxylic acids is 3. The molecule has 0 radical (unpaired) electrons. The number of aromatic amines is 2. The number of imidazole rings is 2. The van der Waals surface area contributed by atoms with Gasteiger partial charge in [0.1, 0.15) is 18.2 Å². The van der Waals surface area contributed by atoms with Gasteiger partial charge in [-0.2, -0.15) is 0 Å². The number of aromatic nitrogens is 4. The molecule has 2 aliphatic heterocycles. The van der Waals surface area contributed by atoms with Crippen LogP contribution in [0.5, 0.6) is 0 Å². The van der Waals surface area contributed by atoms with Gasteiger partial charge in [0.15, 0.2) is 0 Å². The molecule has 2 saturated carbocycles. The molecular formula is C35H37N7O4. The molecule has 3 N–H and O–H groups in total. The van der Waals surface area contributed by atoms with Gasteiger partial charge < -0.3 is 29.8 Å². The van der Waals surface area contributed by atoms with Crippen LogP contribution in [0, 0.1) is 11.8 Å². The van der Waals surface area contributed by atoms with Crippen LogP contribution in [-0.4, -0.2) is 73.4 Å². The van der Waals surface area contributed by atoms with Crippen molar-refractivity contribution < 1.29 is 19.1 Å². The highest BCUT2D eigenvalue weighted by Gasteiger charge is 2.55.